The molecule has 0 amide bonds. The normalized spacial score (nSPS) is 15.5. The Balaban J connectivity index is 0.000000843. The second-order valence-corrected chi connectivity index (χ2v) is 8.84. The van der Waals surface area contributed by atoms with Crippen LogP contribution < -0.4 is 0 Å². The molecule has 1 saturated carbocycles. The molecule has 2 heteroatoms. The minimum Gasteiger partial charge on any atom is -0.333 e. The van der Waals surface area contributed by atoms with Crippen molar-refractivity contribution in [1.82, 2.24) is 0 Å². The third kappa shape index (κ3) is 6.49. The van der Waals surface area contributed by atoms with E-state index in [-0.39, 0.29) is 59.2 Å². The van der Waals surface area contributed by atoms with Crippen molar-refractivity contribution in [3.8, 4) is 0 Å². The Morgan fingerprint density at radius 3 is 1.79 bits per heavy atom. The zero-order valence-corrected chi connectivity index (χ0v) is 25.8. The zero-order valence-electron chi connectivity index (χ0n) is 20.0. The van der Waals surface area contributed by atoms with Crippen molar-refractivity contribution in [2.24, 2.45) is 0 Å². The minimum atomic E-state index is -0.0269. The Bertz CT molecular complexity index is 802. The summed E-state index contributed by atoms with van der Waals surface area (Å²) in [5, 5.41) is 2.81. The topological polar surface area (TPSA) is 0 Å². The molecule has 2 aromatic rings. The molecule has 3 rings (SSSR count). The maximum Gasteiger partial charge on any atom is 2.00 e. The third-order valence-corrected chi connectivity index (χ3v) is 6.70. The molecule has 0 nitrogen and oxygen atoms in total. The van der Waals surface area contributed by atoms with Crippen LogP contribution in [0.3, 0.4) is 0 Å². The average molecular weight is 636 g/mol. The zero-order chi connectivity index (χ0) is 20.4. The van der Waals surface area contributed by atoms with Crippen molar-refractivity contribution < 1.29 is 53.8 Å². The minimum absolute atomic E-state index is 0. The Morgan fingerprint density at radius 2 is 1.38 bits per heavy atom. The number of fused-ring (bicyclic) bond motifs is 1. The molecule has 0 heterocycles. The monoisotopic (exact) mass is 636 g/mol. The Hall–Kier alpha value is 0.492. The summed E-state index contributed by atoms with van der Waals surface area (Å²) in [5.74, 6) is 0. The molecule has 1 atom stereocenters. The van der Waals surface area contributed by atoms with Gasteiger partial charge in [0.2, 0.25) is 0 Å². The predicted octanol–water partition coefficient (Wildman–Crippen LogP) is 8.14. The molecule has 0 bridgehead atoms. The molecule has 157 valence electrons. The average Bonchev–Trinajstić information content (AvgIpc) is 2.64. The summed E-state index contributed by atoms with van der Waals surface area (Å²) >= 11 is 0. The first kappa shape index (κ1) is 29.5. The molecule has 0 aliphatic heterocycles. The molecule has 1 radical (unpaired) electrons. The van der Waals surface area contributed by atoms with Gasteiger partial charge in [0.15, 0.2) is 0 Å². The van der Waals surface area contributed by atoms with Gasteiger partial charge in [0.1, 0.15) is 0 Å². The van der Waals surface area contributed by atoms with E-state index in [1.54, 1.807) is 0 Å². The van der Waals surface area contributed by atoms with E-state index in [4.69, 9.17) is 0 Å². The van der Waals surface area contributed by atoms with Crippen LogP contribution in [-0.4, -0.2) is 0 Å². The molecular weight excluding hydrogens is 597 g/mol. The summed E-state index contributed by atoms with van der Waals surface area (Å²) in [7, 11) is 0. The number of aryl methyl sites for hydroxylation is 5. The smallest absolute Gasteiger partial charge is 0.333 e. The van der Waals surface area contributed by atoms with E-state index in [2.05, 4.69) is 74.8 Å². The maximum atomic E-state index is 4.50. The first-order chi connectivity index (χ1) is 12.6. The van der Waals surface area contributed by atoms with Crippen LogP contribution in [0.5, 0.6) is 0 Å². The molecule has 0 aromatic heterocycles. The number of hydrogen-bond donors (Lipinski definition) is 0. The van der Waals surface area contributed by atoms with Crippen molar-refractivity contribution in [1.29, 1.82) is 0 Å². The van der Waals surface area contributed by atoms with Gasteiger partial charge in [-0.05, 0) is 13.8 Å². The molecule has 1 unspecified atom stereocenters. The van der Waals surface area contributed by atoms with Gasteiger partial charge in [-0.2, -0.15) is 30.0 Å². The summed E-state index contributed by atoms with van der Waals surface area (Å²) in [6, 6.07) is 3.53. The van der Waals surface area contributed by atoms with Crippen LogP contribution in [0, 0.1) is 61.0 Å². The van der Waals surface area contributed by atoms with Gasteiger partial charge < -0.3 is 13.3 Å². The first-order valence-electron chi connectivity index (χ1n) is 10.7. The fraction of sp³-hybridized carbons (Fsp3) is 0.556. The molecule has 0 N–H and O–H groups in total. The standard InChI is InChI=1S/C21H28.C6H11.W.Y/c1-10-21(8,9)20-16(6)15(5)18-13(3)11-12(2)14(4)19(18)17(20)7;1-2-4-6-5-3-1;;/h8,10H2,1-7,9H3;1H,2-6H2;;/q-2;-1;+2;. The number of rotatable bonds is 2. The first-order valence-corrected chi connectivity index (χ1v) is 10.7. The van der Waals surface area contributed by atoms with E-state index in [0.29, 0.717) is 0 Å². The Kier molecular flexibility index (Phi) is 12.7. The molecule has 1 fully saturated rings. The Labute approximate surface area is 220 Å². The number of hydrogen-bond acceptors (Lipinski definition) is 0. The molecule has 29 heavy (non-hydrogen) atoms. The third-order valence-electron chi connectivity index (χ3n) is 6.70. The molecule has 0 spiro atoms. The van der Waals surface area contributed by atoms with E-state index in [1.165, 1.54) is 81.8 Å². The van der Waals surface area contributed by atoms with Gasteiger partial charge in [-0.15, -0.1) is 21.8 Å². The van der Waals surface area contributed by atoms with Crippen molar-refractivity contribution >= 4 is 10.8 Å². The van der Waals surface area contributed by atoms with Gasteiger partial charge in [0.05, 0.1) is 0 Å². The van der Waals surface area contributed by atoms with Gasteiger partial charge in [-0.1, -0.05) is 89.5 Å². The van der Waals surface area contributed by atoms with E-state index >= 15 is 0 Å². The van der Waals surface area contributed by atoms with Gasteiger partial charge in [0.25, 0.3) is 0 Å². The van der Waals surface area contributed by atoms with E-state index in [1.807, 2.05) is 0 Å². The quantitative estimate of drug-likeness (QED) is 0.292. The second kappa shape index (κ2) is 12.5. The largest absolute Gasteiger partial charge is 2.00 e. The van der Waals surface area contributed by atoms with Crippen LogP contribution in [0.4, 0.5) is 0 Å². The summed E-state index contributed by atoms with van der Waals surface area (Å²) in [6.07, 6.45) is 10.6. The van der Waals surface area contributed by atoms with Crippen molar-refractivity contribution in [2.75, 3.05) is 0 Å². The van der Waals surface area contributed by atoms with E-state index in [0.717, 1.165) is 6.42 Å². The second-order valence-electron chi connectivity index (χ2n) is 8.84. The van der Waals surface area contributed by atoms with Gasteiger partial charge in [-0.25, -0.2) is 0 Å². The van der Waals surface area contributed by atoms with Crippen LogP contribution in [-0.2, 0) is 59.2 Å². The van der Waals surface area contributed by atoms with Crippen LogP contribution >= 0.6 is 0 Å². The number of benzene rings is 2. The van der Waals surface area contributed by atoms with Crippen LogP contribution in [0.2, 0.25) is 0 Å². The van der Waals surface area contributed by atoms with E-state index < -0.39 is 0 Å². The fourth-order valence-corrected chi connectivity index (χ4v) is 4.70. The molecule has 0 saturated heterocycles. The molecular formula is C27H39WY-. The summed E-state index contributed by atoms with van der Waals surface area (Å²) in [6.45, 7) is 22.3. The van der Waals surface area contributed by atoms with Crippen LogP contribution in [0.1, 0.15) is 91.3 Å². The summed E-state index contributed by atoms with van der Waals surface area (Å²) < 4.78 is 0. The van der Waals surface area contributed by atoms with Gasteiger partial charge in [0, 0.05) is 32.7 Å². The van der Waals surface area contributed by atoms with Crippen molar-refractivity contribution in [3.05, 3.63) is 58.4 Å². The van der Waals surface area contributed by atoms with Crippen LogP contribution in [0.25, 0.3) is 10.8 Å². The predicted molar refractivity (Wildman–Crippen MR) is 122 cm³/mol. The Morgan fingerprint density at radius 1 is 0.828 bits per heavy atom. The fourth-order valence-electron chi connectivity index (χ4n) is 4.70. The molecule has 1 aliphatic rings. The van der Waals surface area contributed by atoms with E-state index in [9.17, 15) is 0 Å². The molecule has 1 aliphatic carbocycles. The molecule has 2 aromatic carbocycles. The van der Waals surface area contributed by atoms with Crippen LogP contribution in [0.15, 0.2) is 0 Å². The van der Waals surface area contributed by atoms with Crippen molar-refractivity contribution in [2.45, 2.75) is 99.3 Å². The summed E-state index contributed by atoms with van der Waals surface area (Å²) in [5.41, 5.74) is 9.51. The summed E-state index contributed by atoms with van der Waals surface area (Å²) in [4.78, 5) is 0. The maximum absolute atomic E-state index is 4.50. The van der Waals surface area contributed by atoms with Gasteiger partial charge in [-0.3, -0.25) is 0 Å². The van der Waals surface area contributed by atoms with Gasteiger partial charge >= 0.3 is 21.1 Å². The SMILES string of the molecule is [CH-]1CCCCC1.[CH2-]C(C)(CC)c1c(C)c(C)c2c(C)[c-]c(C)c(C)c2c1C.[W+2].[Y]. The van der Waals surface area contributed by atoms with Crippen molar-refractivity contribution in [3.63, 3.8) is 0 Å².